The number of carboxylic acids is 1. The lowest BCUT2D eigenvalue weighted by Crippen LogP contribution is -2.40. The number of amides is 1. The summed E-state index contributed by atoms with van der Waals surface area (Å²) in [6.07, 6.45) is -3.66. The van der Waals surface area contributed by atoms with Crippen LogP contribution in [0.4, 0.5) is 37.7 Å². The Kier molecular flexibility index (Phi) is 9.08. The van der Waals surface area contributed by atoms with E-state index in [2.05, 4.69) is 5.32 Å². The molecule has 3 aromatic carbocycles. The molecule has 5 nitrogen and oxygen atoms in total. The van der Waals surface area contributed by atoms with E-state index in [9.17, 15) is 41.0 Å². The lowest BCUT2D eigenvalue weighted by molar-refractivity contribution is -0.148. The van der Waals surface area contributed by atoms with Crippen LogP contribution in [-0.4, -0.2) is 35.3 Å². The van der Waals surface area contributed by atoms with Gasteiger partial charge in [-0.1, -0.05) is 41.4 Å². The van der Waals surface area contributed by atoms with Crippen LogP contribution in [0.15, 0.2) is 71.6 Å². The minimum Gasteiger partial charge on any atom is -0.481 e. The van der Waals surface area contributed by atoms with Crippen LogP contribution in [0.1, 0.15) is 61.1 Å². The van der Waals surface area contributed by atoms with E-state index in [4.69, 9.17) is 0 Å². The quantitative estimate of drug-likeness (QED) is 0.189. The standard InChI is InChI=1S/C33H32F6N2O3S/c1-3-45(23-7-4-6-20(16-23)26-18-32(26,35)36)41(2)22-13-10-19(11-14-22)24-8-5-9-25(29(24)31(43)44)30(42)40-28-15-12-21(17-27(28)34)33(37,38)39/h3-4,6-7,10-17,24-26,29H,5,8-9,18H2,1-2H3,(H,40,42)(H,43,44)/t24-,25-,26?,29-,45?/m1/s1. The second kappa shape index (κ2) is 12.5. The van der Waals surface area contributed by atoms with Gasteiger partial charge < -0.3 is 14.7 Å². The summed E-state index contributed by atoms with van der Waals surface area (Å²) in [6.45, 7) is 1.90. The molecular formula is C33H32F6N2O3S. The minimum atomic E-state index is -4.75. The molecule has 2 N–H and O–H groups in total. The maximum Gasteiger partial charge on any atom is 0.416 e. The fourth-order valence-electron chi connectivity index (χ4n) is 6.16. The molecule has 240 valence electrons. The molecule has 2 unspecified atom stereocenters. The zero-order valence-electron chi connectivity index (χ0n) is 24.5. The Hall–Kier alpha value is -3.80. The van der Waals surface area contributed by atoms with E-state index in [0.717, 1.165) is 16.6 Å². The van der Waals surface area contributed by atoms with Gasteiger partial charge in [-0.3, -0.25) is 9.59 Å². The van der Waals surface area contributed by atoms with Crippen LogP contribution < -0.4 is 9.62 Å². The van der Waals surface area contributed by atoms with Crippen molar-refractivity contribution in [2.45, 2.75) is 61.4 Å². The number of rotatable bonds is 8. The lowest BCUT2D eigenvalue weighted by Gasteiger charge is -2.35. The third-order valence-corrected chi connectivity index (χ3v) is 10.6. The summed E-state index contributed by atoms with van der Waals surface area (Å²) in [7, 11) is 1.33. The number of carbonyl (C=O) groups is 2. The average Bonchev–Trinajstić information content (AvgIpc) is 3.65. The molecule has 3 aromatic rings. The molecule has 12 heteroatoms. The highest BCUT2D eigenvalue weighted by molar-refractivity contribution is 8.16. The Morgan fingerprint density at radius 3 is 2.29 bits per heavy atom. The molecule has 45 heavy (non-hydrogen) atoms. The van der Waals surface area contributed by atoms with Gasteiger partial charge in [0.1, 0.15) is 5.82 Å². The maximum absolute atomic E-state index is 14.4. The number of aliphatic carboxylic acids is 1. The van der Waals surface area contributed by atoms with Crippen molar-refractivity contribution in [2.24, 2.45) is 11.8 Å². The van der Waals surface area contributed by atoms with Gasteiger partial charge in [-0.15, -0.1) is 0 Å². The second-order valence-electron chi connectivity index (χ2n) is 11.4. The summed E-state index contributed by atoms with van der Waals surface area (Å²) < 4.78 is 82.6. The van der Waals surface area contributed by atoms with Crippen molar-refractivity contribution >= 4 is 39.3 Å². The molecule has 0 bridgehead atoms. The van der Waals surface area contributed by atoms with Gasteiger partial charge in [0.2, 0.25) is 5.91 Å². The van der Waals surface area contributed by atoms with E-state index in [-0.39, 0.29) is 18.9 Å². The first-order valence-electron chi connectivity index (χ1n) is 14.5. The highest BCUT2D eigenvalue weighted by Crippen LogP contribution is 2.56. The van der Waals surface area contributed by atoms with Crippen molar-refractivity contribution in [2.75, 3.05) is 16.7 Å². The van der Waals surface area contributed by atoms with Gasteiger partial charge in [0, 0.05) is 24.1 Å². The third-order valence-electron chi connectivity index (χ3n) is 8.60. The summed E-state index contributed by atoms with van der Waals surface area (Å²) in [4.78, 5) is 26.5. The van der Waals surface area contributed by atoms with Gasteiger partial charge in [0.05, 0.1) is 29.0 Å². The van der Waals surface area contributed by atoms with Crippen molar-refractivity contribution < 1.29 is 41.0 Å². The molecule has 2 saturated carbocycles. The first-order valence-corrected chi connectivity index (χ1v) is 15.7. The monoisotopic (exact) mass is 650 g/mol. The minimum absolute atomic E-state index is 0.148. The molecule has 2 aliphatic rings. The Bertz CT molecular complexity index is 1630. The summed E-state index contributed by atoms with van der Waals surface area (Å²) in [5, 5.41) is 14.5. The van der Waals surface area contributed by atoms with E-state index in [1.165, 1.54) is 0 Å². The number of nitrogens with zero attached hydrogens (tertiary/aromatic N) is 1. The lowest BCUT2D eigenvalue weighted by atomic mass is 9.69. The number of anilines is 2. The van der Waals surface area contributed by atoms with Crippen molar-refractivity contribution in [1.29, 1.82) is 0 Å². The fraction of sp³-hybridized carbons (Fsp3) is 0.364. The van der Waals surface area contributed by atoms with Crippen LogP contribution in [-0.2, 0) is 15.8 Å². The zero-order valence-corrected chi connectivity index (χ0v) is 25.3. The summed E-state index contributed by atoms with van der Waals surface area (Å²) >= 11 is 0. The molecule has 0 heterocycles. The smallest absolute Gasteiger partial charge is 0.416 e. The second-order valence-corrected chi connectivity index (χ2v) is 13.5. The third kappa shape index (κ3) is 6.90. The van der Waals surface area contributed by atoms with E-state index < -0.39 is 75.4 Å². The number of carbonyl (C=O) groups excluding carboxylic acids is 1. The largest absolute Gasteiger partial charge is 0.481 e. The van der Waals surface area contributed by atoms with Crippen molar-refractivity contribution in [1.82, 2.24) is 0 Å². The molecule has 0 aromatic heterocycles. The molecule has 2 fully saturated rings. The van der Waals surface area contributed by atoms with Crippen LogP contribution in [0.2, 0.25) is 0 Å². The van der Waals surface area contributed by atoms with Crippen molar-refractivity contribution in [3.63, 3.8) is 0 Å². The maximum atomic E-state index is 14.4. The van der Waals surface area contributed by atoms with Gasteiger partial charge in [0.25, 0.3) is 5.92 Å². The van der Waals surface area contributed by atoms with Crippen LogP contribution in [0.5, 0.6) is 0 Å². The van der Waals surface area contributed by atoms with Crippen molar-refractivity contribution in [3.05, 3.63) is 89.2 Å². The highest BCUT2D eigenvalue weighted by Gasteiger charge is 2.57. The van der Waals surface area contributed by atoms with Gasteiger partial charge in [-0.2, -0.15) is 13.2 Å². The van der Waals surface area contributed by atoms with Crippen LogP contribution >= 0.6 is 10.7 Å². The molecular weight excluding hydrogens is 618 g/mol. The van der Waals surface area contributed by atoms with E-state index in [1.807, 2.05) is 47.9 Å². The topological polar surface area (TPSA) is 69.6 Å². The van der Waals surface area contributed by atoms with Gasteiger partial charge >= 0.3 is 12.1 Å². The Morgan fingerprint density at radius 2 is 1.71 bits per heavy atom. The fourth-order valence-corrected chi connectivity index (χ4v) is 7.89. The molecule has 1 amide bonds. The van der Waals surface area contributed by atoms with Crippen LogP contribution in [0, 0.1) is 17.7 Å². The van der Waals surface area contributed by atoms with Gasteiger partial charge in [-0.05, 0) is 84.6 Å². The predicted molar refractivity (Wildman–Crippen MR) is 162 cm³/mol. The molecule has 5 rings (SSSR count). The molecule has 0 radical (unpaired) electrons. The van der Waals surface area contributed by atoms with Crippen molar-refractivity contribution in [3.8, 4) is 0 Å². The Balaban J connectivity index is 1.33. The number of alkyl halides is 5. The predicted octanol–water partition coefficient (Wildman–Crippen LogP) is 8.69. The van der Waals surface area contributed by atoms with Gasteiger partial charge in [-0.25, -0.2) is 13.2 Å². The normalized spacial score (nSPS) is 23.3. The number of hydrogen-bond acceptors (Lipinski definition) is 3. The van der Waals surface area contributed by atoms with Crippen LogP contribution in [0.25, 0.3) is 0 Å². The summed E-state index contributed by atoms with van der Waals surface area (Å²) in [6, 6.07) is 16.3. The molecule has 0 saturated heterocycles. The van der Waals surface area contributed by atoms with E-state index >= 15 is 0 Å². The number of benzene rings is 3. The van der Waals surface area contributed by atoms with Gasteiger partial charge in [0.15, 0.2) is 0 Å². The molecule has 2 aliphatic carbocycles. The Labute approximate surface area is 259 Å². The number of halogens is 6. The zero-order chi connectivity index (χ0) is 32.7. The number of nitrogens with one attached hydrogen (secondary N) is 1. The first kappa shape index (κ1) is 32.6. The Morgan fingerprint density at radius 1 is 1.02 bits per heavy atom. The van der Waals surface area contributed by atoms with E-state index in [0.29, 0.717) is 30.0 Å². The van der Waals surface area contributed by atoms with E-state index in [1.54, 1.807) is 24.3 Å². The summed E-state index contributed by atoms with van der Waals surface area (Å²) in [5.41, 5.74) is 0.477. The highest BCUT2D eigenvalue weighted by atomic mass is 32.2. The number of hydrogen-bond donors (Lipinski definition) is 2. The average molecular weight is 651 g/mol. The SMILES string of the molecule is C/C=S(\c1cccc(C2CC2(F)F)c1)N(C)c1ccc([C@H]2CCC[C@@H](C(=O)Nc3ccc(C(F)(F)F)cc3F)[C@@H]2C(=O)O)cc1. The molecule has 0 spiro atoms. The van der Waals surface area contributed by atoms with Crippen LogP contribution in [0.3, 0.4) is 0 Å². The summed E-state index contributed by atoms with van der Waals surface area (Å²) in [5.74, 6) is -9.36. The molecule has 0 aliphatic heterocycles. The number of carboxylic acid groups (broad SMARTS) is 1. The first-order chi connectivity index (χ1) is 21.2. The molecule has 5 atom stereocenters.